The monoisotopic (exact) mass is 220 g/mol. The minimum Gasteiger partial charge on any atom is -0.484 e. The smallest absolute Gasteiger partial charge is 0.199 e. The SMILES string of the molecule is C[C@]12OC=C[C@@H](C1=O)[C@@H]1C=CC(=O)[C@@]2(C)O1. The van der Waals surface area contributed by atoms with E-state index in [0.29, 0.717) is 0 Å². The molecule has 4 atom stereocenters. The van der Waals surface area contributed by atoms with Crippen molar-refractivity contribution in [3.63, 3.8) is 0 Å². The predicted octanol–water partition coefficient (Wildman–Crippen LogP) is 0.771. The Hall–Kier alpha value is -1.42. The van der Waals surface area contributed by atoms with Gasteiger partial charge in [0, 0.05) is 0 Å². The van der Waals surface area contributed by atoms with Gasteiger partial charge in [-0.05, 0) is 26.0 Å². The van der Waals surface area contributed by atoms with Gasteiger partial charge in [-0.15, -0.1) is 0 Å². The molecule has 4 heteroatoms. The minimum absolute atomic E-state index is 0.0774. The molecule has 0 N–H and O–H groups in total. The Morgan fingerprint density at radius 2 is 1.94 bits per heavy atom. The lowest BCUT2D eigenvalue weighted by atomic mass is 9.68. The summed E-state index contributed by atoms with van der Waals surface area (Å²) in [4.78, 5) is 24.2. The fourth-order valence-corrected chi connectivity index (χ4v) is 2.58. The van der Waals surface area contributed by atoms with Crippen molar-refractivity contribution in [1.82, 2.24) is 0 Å². The number of fused-ring (bicyclic) bond motifs is 6. The number of carbonyl (C=O) groups excluding carboxylic acids is 2. The highest BCUT2D eigenvalue weighted by Crippen LogP contribution is 2.46. The molecule has 4 nitrogen and oxygen atoms in total. The van der Waals surface area contributed by atoms with Gasteiger partial charge in [0.15, 0.2) is 22.8 Å². The van der Waals surface area contributed by atoms with Crippen LogP contribution in [-0.4, -0.2) is 28.9 Å². The summed E-state index contributed by atoms with van der Waals surface area (Å²) < 4.78 is 11.1. The van der Waals surface area contributed by atoms with Gasteiger partial charge in [-0.2, -0.15) is 0 Å². The minimum atomic E-state index is -1.20. The molecule has 0 saturated carbocycles. The third-order valence-corrected chi connectivity index (χ3v) is 3.91. The van der Waals surface area contributed by atoms with E-state index in [1.807, 2.05) is 0 Å². The van der Waals surface area contributed by atoms with Crippen molar-refractivity contribution in [3.8, 4) is 0 Å². The van der Waals surface area contributed by atoms with Gasteiger partial charge < -0.3 is 9.47 Å². The highest BCUT2D eigenvalue weighted by Gasteiger charge is 2.65. The maximum absolute atomic E-state index is 12.3. The Bertz CT molecular complexity index is 448. The van der Waals surface area contributed by atoms with Crippen LogP contribution in [0.2, 0.25) is 0 Å². The molecule has 0 radical (unpaired) electrons. The van der Waals surface area contributed by atoms with E-state index < -0.39 is 11.2 Å². The predicted molar refractivity (Wildman–Crippen MR) is 54.6 cm³/mol. The molecule has 4 bridgehead atoms. The van der Waals surface area contributed by atoms with Crippen molar-refractivity contribution in [2.24, 2.45) is 5.92 Å². The average Bonchev–Trinajstić information content (AvgIpc) is 2.24. The zero-order valence-corrected chi connectivity index (χ0v) is 9.10. The Labute approximate surface area is 92.9 Å². The molecule has 16 heavy (non-hydrogen) atoms. The normalized spacial score (nSPS) is 49.1. The molecule has 0 aromatic carbocycles. The maximum atomic E-state index is 12.3. The van der Waals surface area contributed by atoms with Crippen LogP contribution in [0, 0.1) is 5.92 Å². The molecule has 3 heterocycles. The Kier molecular flexibility index (Phi) is 1.61. The molecule has 0 aliphatic carbocycles. The number of rotatable bonds is 0. The van der Waals surface area contributed by atoms with Gasteiger partial charge in [0.2, 0.25) is 0 Å². The first-order valence-electron chi connectivity index (χ1n) is 5.28. The molecular formula is C12H12O4. The molecule has 84 valence electrons. The van der Waals surface area contributed by atoms with Gasteiger partial charge in [0.05, 0.1) is 18.3 Å². The summed E-state index contributed by atoms with van der Waals surface area (Å²) in [6.45, 7) is 3.25. The average molecular weight is 220 g/mol. The number of ketones is 2. The van der Waals surface area contributed by atoms with Gasteiger partial charge in [-0.1, -0.05) is 6.08 Å². The van der Waals surface area contributed by atoms with Crippen LogP contribution >= 0.6 is 0 Å². The third kappa shape index (κ3) is 0.849. The Balaban J connectivity index is 2.25. The van der Waals surface area contributed by atoms with Gasteiger partial charge in [0.1, 0.15) is 0 Å². The van der Waals surface area contributed by atoms with E-state index in [2.05, 4.69) is 0 Å². The Morgan fingerprint density at radius 3 is 2.69 bits per heavy atom. The third-order valence-electron chi connectivity index (χ3n) is 3.91. The highest BCUT2D eigenvalue weighted by atomic mass is 16.6. The lowest BCUT2D eigenvalue weighted by Crippen LogP contribution is -2.71. The number of carbonyl (C=O) groups is 2. The summed E-state index contributed by atoms with van der Waals surface area (Å²) >= 11 is 0. The summed E-state index contributed by atoms with van der Waals surface area (Å²) in [5.41, 5.74) is -2.41. The van der Waals surface area contributed by atoms with Crippen LogP contribution in [0.4, 0.5) is 0 Å². The lowest BCUT2D eigenvalue weighted by molar-refractivity contribution is -0.223. The van der Waals surface area contributed by atoms with Gasteiger partial charge >= 0.3 is 0 Å². The quantitative estimate of drug-likeness (QED) is 0.605. The van der Waals surface area contributed by atoms with Crippen LogP contribution < -0.4 is 0 Å². The molecule has 0 amide bonds. The summed E-state index contributed by atoms with van der Waals surface area (Å²) in [5.74, 6) is -0.629. The maximum Gasteiger partial charge on any atom is 0.199 e. The van der Waals surface area contributed by atoms with Crippen molar-refractivity contribution >= 4 is 11.6 Å². The highest BCUT2D eigenvalue weighted by molar-refractivity contribution is 6.07. The fraction of sp³-hybridized carbons (Fsp3) is 0.500. The summed E-state index contributed by atoms with van der Waals surface area (Å²) in [7, 11) is 0. The molecule has 3 aliphatic rings. The van der Waals surface area contributed by atoms with E-state index in [1.54, 1.807) is 26.0 Å². The first kappa shape index (κ1) is 9.78. The van der Waals surface area contributed by atoms with E-state index in [9.17, 15) is 9.59 Å². The fourth-order valence-electron chi connectivity index (χ4n) is 2.58. The van der Waals surface area contributed by atoms with Crippen LogP contribution in [0.3, 0.4) is 0 Å². The summed E-state index contributed by atoms with van der Waals surface area (Å²) in [5, 5.41) is 0. The second kappa shape index (κ2) is 2.63. The molecule has 1 fully saturated rings. The summed E-state index contributed by atoms with van der Waals surface area (Å²) in [6.07, 6.45) is 6.00. The van der Waals surface area contributed by atoms with Gasteiger partial charge in [0.25, 0.3) is 0 Å². The lowest BCUT2D eigenvalue weighted by Gasteiger charge is -2.53. The van der Waals surface area contributed by atoms with Crippen LogP contribution in [0.1, 0.15) is 13.8 Å². The van der Waals surface area contributed by atoms with Crippen LogP contribution in [0.25, 0.3) is 0 Å². The topological polar surface area (TPSA) is 52.6 Å². The van der Waals surface area contributed by atoms with E-state index in [-0.39, 0.29) is 23.6 Å². The molecule has 0 aromatic rings. The van der Waals surface area contributed by atoms with Gasteiger partial charge in [-0.3, -0.25) is 9.59 Å². The van der Waals surface area contributed by atoms with Crippen molar-refractivity contribution < 1.29 is 19.1 Å². The van der Waals surface area contributed by atoms with Crippen molar-refractivity contribution in [2.75, 3.05) is 0 Å². The Morgan fingerprint density at radius 1 is 1.19 bits per heavy atom. The first-order valence-corrected chi connectivity index (χ1v) is 5.28. The number of Topliss-reactive ketones (excluding diaryl/α,β-unsaturated/α-hetero) is 1. The van der Waals surface area contributed by atoms with E-state index in [0.717, 1.165) is 0 Å². The number of hydrogen-bond acceptors (Lipinski definition) is 4. The van der Waals surface area contributed by atoms with Crippen molar-refractivity contribution in [2.45, 2.75) is 31.2 Å². The standard InChI is InChI=1S/C12H12O4/c1-11-9(13)4-3-8(16-11)7-5-6-15-12(11,2)10(7)14/h3-8H,1-2H3/t7-,8+,11-,12+/m1/s1. The molecule has 0 unspecified atom stereocenters. The molecule has 0 spiro atoms. The molecule has 1 saturated heterocycles. The molecule has 0 aromatic heterocycles. The number of ether oxygens (including phenoxy) is 2. The van der Waals surface area contributed by atoms with Gasteiger partial charge in [-0.25, -0.2) is 0 Å². The second-order valence-corrected chi connectivity index (χ2v) is 4.71. The molecule has 3 rings (SSSR count). The second-order valence-electron chi connectivity index (χ2n) is 4.71. The van der Waals surface area contributed by atoms with E-state index in [1.165, 1.54) is 12.3 Å². The zero-order valence-electron chi connectivity index (χ0n) is 9.10. The largest absolute Gasteiger partial charge is 0.484 e. The molecular weight excluding hydrogens is 208 g/mol. The van der Waals surface area contributed by atoms with E-state index in [4.69, 9.17) is 9.47 Å². The van der Waals surface area contributed by atoms with Crippen molar-refractivity contribution in [3.05, 3.63) is 24.5 Å². The summed E-state index contributed by atoms with van der Waals surface area (Å²) in [6, 6.07) is 0. The zero-order chi connectivity index (χ0) is 11.6. The van der Waals surface area contributed by atoms with Crippen LogP contribution in [0.15, 0.2) is 24.5 Å². The number of hydrogen-bond donors (Lipinski definition) is 0. The van der Waals surface area contributed by atoms with Crippen LogP contribution in [-0.2, 0) is 19.1 Å². The molecule has 3 aliphatic heterocycles. The van der Waals surface area contributed by atoms with Crippen molar-refractivity contribution in [1.29, 1.82) is 0 Å². The van der Waals surface area contributed by atoms with Crippen LogP contribution in [0.5, 0.6) is 0 Å². The first-order chi connectivity index (χ1) is 7.49. The van der Waals surface area contributed by atoms with E-state index >= 15 is 0 Å².